The lowest BCUT2D eigenvalue weighted by Crippen LogP contribution is -2.05. The Hall–Kier alpha value is -1.85. The second-order valence-corrected chi connectivity index (χ2v) is 4.82. The van der Waals surface area contributed by atoms with E-state index in [-0.39, 0.29) is 28.0 Å². The van der Waals surface area contributed by atoms with Gasteiger partial charge in [0.15, 0.2) is 0 Å². The number of nitrogens with one attached hydrogen (secondary N) is 1. The van der Waals surface area contributed by atoms with Crippen molar-refractivity contribution >= 4 is 34.6 Å². The van der Waals surface area contributed by atoms with Gasteiger partial charge in [0.1, 0.15) is 5.82 Å². The first-order valence-corrected chi connectivity index (χ1v) is 6.35. The summed E-state index contributed by atoms with van der Waals surface area (Å²) in [5.41, 5.74) is 0.370. The van der Waals surface area contributed by atoms with Crippen molar-refractivity contribution in [3.8, 4) is 0 Å². The average Bonchev–Trinajstić information content (AvgIpc) is 2.39. The molecular formula is C13H9Cl2FN2O2. The molecule has 4 nitrogen and oxygen atoms in total. The second-order valence-electron chi connectivity index (χ2n) is 3.98. The molecule has 0 spiro atoms. The molecule has 0 heterocycles. The van der Waals surface area contributed by atoms with E-state index in [9.17, 15) is 14.5 Å². The van der Waals surface area contributed by atoms with E-state index in [0.29, 0.717) is 5.56 Å². The van der Waals surface area contributed by atoms with Gasteiger partial charge in [0.05, 0.1) is 15.6 Å². The molecule has 0 bridgehead atoms. The summed E-state index contributed by atoms with van der Waals surface area (Å²) in [6, 6.07) is 8.57. The highest BCUT2D eigenvalue weighted by atomic mass is 35.5. The van der Waals surface area contributed by atoms with E-state index >= 15 is 0 Å². The number of hydrogen-bond acceptors (Lipinski definition) is 3. The molecule has 0 aliphatic carbocycles. The molecule has 0 radical (unpaired) electrons. The van der Waals surface area contributed by atoms with E-state index in [1.54, 1.807) is 0 Å². The second kappa shape index (κ2) is 6.07. The summed E-state index contributed by atoms with van der Waals surface area (Å²) in [6.45, 7) is 0.0636. The first-order chi connectivity index (χ1) is 9.49. The molecule has 0 saturated carbocycles. The third kappa shape index (κ3) is 3.18. The molecule has 2 rings (SSSR count). The van der Waals surface area contributed by atoms with Crippen molar-refractivity contribution in [1.29, 1.82) is 0 Å². The van der Waals surface area contributed by atoms with Gasteiger partial charge in [-0.1, -0.05) is 29.3 Å². The average molecular weight is 315 g/mol. The van der Waals surface area contributed by atoms with Crippen molar-refractivity contribution in [3.05, 3.63) is 67.9 Å². The minimum atomic E-state index is -0.536. The molecule has 0 saturated heterocycles. The fourth-order valence-electron chi connectivity index (χ4n) is 1.71. The van der Waals surface area contributed by atoms with Crippen LogP contribution in [0.2, 0.25) is 10.0 Å². The molecule has 0 aliphatic heterocycles. The smallest absolute Gasteiger partial charge is 0.275 e. The number of benzene rings is 2. The van der Waals surface area contributed by atoms with E-state index in [0.717, 1.165) is 0 Å². The normalized spacial score (nSPS) is 10.3. The number of hydrogen-bond donors (Lipinski definition) is 1. The first kappa shape index (κ1) is 14.6. The van der Waals surface area contributed by atoms with Crippen LogP contribution in [0.1, 0.15) is 5.56 Å². The number of nitro benzene ring substituents is 1. The van der Waals surface area contributed by atoms with Crippen molar-refractivity contribution in [3.63, 3.8) is 0 Å². The lowest BCUT2D eigenvalue weighted by atomic mass is 10.1. The number of para-hydroxylation sites is 1. The summed E-state index contributed by atoms with van der Waals surface area (Å²) in [5.74, 6) is -0.519. The summed E-state index contributed by atoms with van der Waals surface area (Å²) >= 11 is 11.6. The third-order valence-corrected chi connectivity index (χ3v) is 3.21. The van der Waals surface area contributed by atoms with Crippen molar-refractivity contribution in [2.45, 2.75) is 6.54 Å². The summed E-state index contributed by atoms with van der Waals surface area (Å²) in [7, 11) is 0. The maximum atomic E-state index is 13.6. The fraction of sp³-hybridized carbons (Fsp3) is 0.0769. The van der Waals surface area contributed by atoms with Crippen LogP contribution in [0, 0.1) is 15.9 Å². The van der Waals surface area contributed by atoms with Crippen LogP contribution in [0.15, 0.2) is 36.4 Å². The maximum Gasteiger partial charge on any atom is 0.275 e. The Kier molecular flexibility index (Phi) is 4.42. The van der Waals surface area contributed by atoms with E-state index in [2.05, 4.69) is 5.32 Å². The van der Waals surface area contributed by atoms with E-state index in [1.165, 1.54) is 36.4 Å². The van der Waals surface area contributed by atoms with Gasteiger partial charge in [-0.15, -0.1) is 0 Å². The molecule has 20 heavy (non-hydrogen) atoms. The monoisotopic (exact) mass is 314 g/mol. The Morgan fingerprint density at radius 2 is 2.00 bits per heavy atom. The van der Waals surface area contributed by atoms with Gasteiger partial charge in [-0.2, -0.15) is 0 Å². The molecule has 0 atom stereocenters. The van der Waals surface area contributed by atoms with Crippen LogP contribution >= 0.6 is 23.2 Å². The predicted molar refractivity (Wildman–Crippen MR) is 76.8 cm³/mol. The number of nitro groups is 1. The van der Waals surface area contributed by atoms with Crippen LogP contribution in [0.4, 0.5) is 15.8 Å². The molecule has 0 amide bonds. The zero-order valence-corrected chi connectivity index (χ0v) is 11.6. The predicted octanol–water partition coefficient (Wildman–Crippen LogP) is 4.65. The van der Waals surface area contributed by atoms with Crippen molar-refractivity contribution < 1.29 is 9.31 Å². The van der Waals surface area contributed by atoms with Gasteiger partial charge in [-0.05, 0) is 24.3 Å². The van der Waals surface area contributed by atoms with Gasteiger partial charge in [-0.25, -0.2) is 4.39 Å². The molecule has 2 aromatic carbocycles. The topological polar surface area (TPSA) is 55.2 Å². The summed E-state index contributed by atoms with van der Waals surface area (Å²) < 4.78 is 13.6. The van der Waals surface area contributed by atoms with Gasteiger partial charge in [0, 0.05) is 23.2 Å². The van der Waals surface area contributed by atoms with Crippen LogP contribution in [0.3, 0.4) is 0 Å². The standard InChI is InChI=1S/C13H9Cl2FN2O2/c14-9-5-4-8(12(6-9)18(19)20)7-17-13-10(15)2-1-3-11(13)16/h1-6,17H,7H2. The Morgan fingerprint density at radius 3 is 2.65 bits per heavy atom. The minimum Gasteiger partial charge on any atom is -0.377 e. The third-order valence-electron chi connectivity index (χ3n) is 2.66. The van der Waals surface area contributed by atoms with E-state index in [4.69, 9.17) is 23.2 Å². The number of nitrogens with zero attached hydrogens (tertiary/aromatic N) is 1. The highest BCUT2D eigenvalue weighted by Crippen LogP contribution is 2.28. The summed E-state index contributed by atoms with van der Waals surface area (Å²) in [4.78, 5) is 10.4. The SMILES string of the molecule is O=[N+]([O-])c1cc(Cl)ccc1CNc1c(F)cccc1Cl. The molecule has 0 aliphatic rings. The molecule has 0 aromatic heterocycles. The Labute approximate surface area is 124 Å². The summed E-state index contributed by atoms with van der Waals surface area (Å²) in [5, 5.41) is 14.2. The molecule has 2 aromatic rings. The van der Waals surface area contributed by atoms with Crippen LogP contribution in [-0.2, 0) is 6.54 Å². The number of anilines is 1. The highest BCUT2D eigenvalue weighted by molar-refractivity contribution is 6.33. The van der Waals surface area contributed by atoms with Crippen LogP contribution in [0.25, 0.3) is 0 Å². The van der Waals surface area contributed by atoms with Gasteiger partial charge < -0.3 is 5.32 Å². The van der Waals surface area contributed by atoms with E-state index in [1.807, 2.05) is 0 Å². The quantitative estimate of drug-likeness (QED) is 0.660. The zero-order chi connectivity index (χ0) is 14.7. The van der Waals surface area contributed by atoms with Crippen LogP contribution < -0.4 is 5.32 Å². The van der Waals surface area contributed by atoms with Crippen molar-refractivity contribution in [2.75, 3.05) is 5.32 Å². The van der Waals surface area contributed by atoms with Crippen molar-refractivity contribution in [1.82, 2.24) is 0 Å². The fourth-order valence-corrected chi connectivity index (χ4v) is 2.10. The summed E-state index contributed by atoms with van der Waals surface area (Å²) in [6.07, 6.45) is 0. The van der Waals surface area contributed by atoms with Crippen LogP contribution in [0.5, 0.6) is 0 Å². The van der Waals surface area contributed by atoms with Gasteiger partial charge >= 0.3 is 0 Å². The first-order valence-electron chi connectivity index (χ1n) is 5.59. The Balaban J connectivity index is 2.25. The van der Waals surface area contributed by atoms with E-state index < -0.39 is 10.7 Å². The van der Waals surface area contributed by atoms with Gasteiger partial charge in [0.2, 0.25) is 0 Å². The largest absolute Gasteiger partial charge is 0.377 e. The Bertz CT molecular complexity index is 645. The lowest BCUT2D eigenvalue weighted by molar-refractivity contribution is -0.385. The molecule has 1 N–H and O–H groups in total. The highest BCUT2D eigenvalue weighted by Gasteiger charge is 2.15. The minimum absolute atomic E-state index is 0.0636. The van der Waals surface area contributed by atoms with Gasteiger partial charge in [-0.3, -0.25) is 10.1 Å². The van der Waals surface area contributed by atoms with Crippen LogP contribution in [-0.4, -0.2) is 4.92 Å². The van der Waals surface area contributed by atoms with Crippen molar-refractivity contribution in [2.24, 2.45) is 0 Å². The number of halogens is 3. The lowest BCUT2D eigenvalue weighted by Gasteiger charge is -2.10. The maximum absolute atomic E-state index is 13.6. The molecule has 0 unspecified atom stereocenters. The zero-order valence-electron chi connectivity index (χ0n) is 10.1. The molecule has 7 heteroatoms. The molecular weight excluding hydrogens is 306 g/mol. The Morgan fingerprint density at radius 1 is 1.25 bits per heavy atom. The number of rotatable bonds is 4. The molecule has 0 fully saturated rings. The molecule has 104 valence electrons. The van der Waals surface area contributed by atoms with Gasteiger partial charge in [0.25, 0.3) is 5.69 Å².